The van der Waals surface area contributed by atoms with Crippen LogP contribution in [-0.4, -0.2) is 15.5 Å². The van der Waals surface area contributed by atoms with Gasteiger partial charge in [0.2, 0.25) is 0 Å². The highest BCUT2D eigenvalue weighted by atomic mass is 32.2. The van der Waals surface area contributed by atoms with Crippen molar-refractivity contribution in [1.29, 1.82) is 0 Å². The predicted octanol–water partition coefficient (Wildman–Crippen LogP) is 6.11. The fraction of sp³-hybridized carbons (Fsp3) is 0.120. The molecule has 1 aliphatic heterocycles. The van der Waals surface area contributed by atoms with Gasteiger partial charge in [-0.15, -0.1) is 11.3 Å². The number of ether oxygens (including phenoxy) is 1. The van der Waals surface area contributed by atoms with Crippen molar-refractivity contribution < 1.29 is 13.2 Å². The Kier molecular flexibility index (Phi) is 4.84. The molecule has 0 unspecified atom stereocenters. The lowest BCUT2D eigenvalue weighted by molar-refractivity contribution is 0.415. The standard InChI is InChI=1S/C25H21NO3S2/c1-17-10-12-21(13-11-17)31(27,28)26-15-19-6-3-4-9-22(19)24-23(26)16-30-25(24)18-7-5-8-20(14-18)29-2/h3-14,16H,15H2,1-2H3. The molecular formula is C25H21NO3S2. The molecule has 2 heterocycles. The zero-order valence-corrected chi connectivity index (χ0v) is 18.8. The predicted molar refractivity (Wildman–Crippen MR) is 126 cm³/mol. The van der Waals surface area contributed by atoms with Gasteiger partial charge in [0.15, 0.2) is 0 Å². The maximum Gasteiger partial charge on any atom is 0.264 e. The van der Waals surface area contributed by atoms with E-state index < -0.39 is 10.0 Å². The third kappa shape index (κ3) is 3.32. The van der Waals surface area contributed by atoms with E-state index in [1.165, 1.54) is 4.31 Å². The summed E-state index contributed by atoms with van der Waals surface area (Å²) in [4.78, 5) is 1.34. The highest BCUT2D eigenvalue weighted by Gasteiger charge is 2.34. The summed E-state index contributed by atoms with van der Waals surface area (Å²) in [7, 11) is -2.05. The maximum absolute atomic E-state index is 13.6. The molecule has 0 aliphatic carbocycles. The molecule has 5 rings (SSSR count). The van der Waals surface area contributed by atoms with Crippen LogP contribution in [0.2, 0.25) is 0 Å². The van der Waals surface area contributed by atoms with Gasteiger partial charge >= 0.3 is 0 Å². The molecule has 0 N–H and O–H groups in total. The van der Waals surface area contributed by atoms with Crippen LogP contribution in [0.5, 0.6) is 5.75 Å². The second kappa shape index (κ2) is 7.55. The molecule has 1 aliphatic rings. The van der Waals surface area contributed by atoms with Gasteiger partial charge in [-0.3, -0.25) is 4.31 Å². The minimum absolute atomic E-state index is 0.303. The molecule has 31 heavy (non-hydrogen) atoms. The molecule has 0 fully saturated rings. The first-order valence-electron chi connectivity index (χ1n) is 9.92. The van der Waals surface area contributed by atoms with Crippen LogP contribution in [0.4, 0.5) is 5.69 Å². The summed E-state index contributed by atoms with van der Waals surface area (Å²) >= 11 is 1.56. The lowest BCUT2D eigenvalue weighted by atomic mass is 9.94. The minimum atomic E-state index is -3.70. The van der Waals surface area contributed by atoms with Crippen LogP contribution >= 0.6 is 11.3 Å². The number of hydrogen-bond donors (Lipinski definition) is 0. The molecule has 156 valence electrons. The first kappa shape index (κ1) is 19.8. The van der Waals surface area contributed by atoms with E-state index in [-0.39, 0.29) is 0 Å². The smallest absolute Gasteiger partial charge is 0.264 e. The molecule has 0 atom stereocenters. The van der Waals surface area contributed by atoms with Crippen molar-refractivity contribution in [1.82, 2.24) is 0 Å². The van der Waals surface area contributed by atoms with Crippen LogP contribution in [0, 0.1) is 6.92 Å². The third-order valence-electron chi connectivity index (χ3n) is 5.58. The van der Waals surface area contributed by atoms with E-state index in [0.29, 0.717) is 11.4 Å². The van der Waals surface area contributed by atoms with E-state index >= 15 is 0 Å². The Morgan fingerprint density at radius 1 is 0.968 bits per heavy atom. The second-order valence-electron chi connectivity index (χ2n) is 7.54. The summed E-state index contributed by atoms with van der Waals surface area (Å²) in [6.07, 6.45) is 0. The summed E-state index contributed by atoms with van der Waals surface area (Å²) in [6.45, 7) is 2.26. The first-order valence-corrected chi connectivity index (χ1v) is 12.2. The van der Waals surface area contributed by atoms with Gasteiger partial charge < -0.3 is 4.74 Å². The Morgan fingerprint density at radius 2 is 1.74 bits per heavy atom. The fourth-order valence-electron chi connectivity index (χ4n) is 3.96. The van der Waals surface area contributed by atoms with Crippen LogP contribution in [0.3, 0.4) is 0 Å². The average Bonchev–Trinajstić information content (AvgIpc) is 3.24. The lowest BCUT2D eigenvalue weighted by Crippen LogP contribution is -2.32. The minimum Gasteiger partial charge on any atom is -0.497 e. The van der Waals surface area contributed by atoms with Gasteiger partial charge in [0.05, 0.1) is 24.2 Å². The third-order valence-corrected chi connectivity index (χ3v) is 8.37. The zero-order chi connectivity index (χ0) is 21.6. The number of aryl methyl sites for hydroxylation is 1. The Labute approximate surface area is 186 Å². The number of anilines is 1. The van der Waals surface area contributed by atoms with Crippen molar-refractivity contribution in [2.75, 3.05) is 11.4 Å². The van der Waals surface area contributed by atoms with E-state index in [9.17, 15) is 8.42 Å². The Bertz CT molecular complexity index is 1370. The molecule has 0 radical (unpaired) electrons. The summed E-state index contributed by atoms with van der Waals surface area (Å²) < 4.78 is 34.2. The molecule has 0 amide bonds. The number of hydrogen-bond acceptors (Lipinski definition) is 4. The van der Waals surface area contributed by atoms with E-state index in [4.69, 9.17) is 4.74 Å². The summed E-state index contributed by atoms with van der Waals surface area (Å²) in [5.41, 5.74) is 5.78. The number of thiophene rings is 1. The normalized spacial score (nSPS) is 12.9. The van der Waals surface area contributed by atoms with Crippen LogP contribution in [0.15, 0.2) is 83.1 Å². The number of rotatable bonds is 4. The van der Waals surface area contributed by atoms with Crippen molar-refractivity contribution in [3.05, 3.63) is 89.3 Å². The molecule has 0 saturated carbocycles. The van der Waals surface area contributed by atoms with Crippen LogP contribution in [0.1, 0.15) is 11.1 Å². The van der Waals surface area contributed by atoms with E-state index in [2.05, 4.69) is 6.07 Å². The summed E-state index contributed by atoms with van der Waals surface area (Å²) in [6, 6.07) is 22.9. The van der Waals surface area contributed by atoms with Crippen molar-refractivity contribution >= 4 is 27.0 Å². The molecule has 6 heteroatoms. The largest absolute Gasteiger partial charge is 0.497 e. The van der Waals surface area contributed by atoms with Gasteiger partial charge in [-0.2, -0.15) is 0 Å². The van der Waals surface area contributed by atoms with Crippen LogP contribution in [-0.2, 0) is 16.6 Å². The monoisotopic (exact) mass is 447 g/mol. The Hall–Kier alpha value is -3.09. The molecule has 4 nitrogen and oxygen atoms in total. The van der Waals surface area contributed by atoms with Crippen LogP contribution in [0.25, 0.3) is 21.6 Å². The number of nitrogens with zero attached hydrogens (tertiary/aromatic N) is 1. The molecule has 0 spiro atoms. The highest BCUT2D eigenvalue weighted by Crippen LogP contribution is 2.50. The zero-order valence-electron chi connectivity index (χ0n) is 17.2. The van der Waals surface area contributed by atoms with Gasteiger partial charge in [-0.05, 0) is 47.9 Å². The molecule has 0 bridgehead atoms. The SMILES string of the molecule is COc1cccc(-c2scc3c2-c2ccccc2CN3S(=O)(=O)c2ccc(C)cc2)c1. The van der Waals surface area contributed by atoms with Gasteiger partial charge in [-0.25, -0.2) is 8.42 Å². The van der Waals surface area contributed by atoms with Crippen molar-refractivity contribution in [2.45, 2.75) is 18.4 Å². The van der Waals surface area contributed by atoms with Crippen molar-refractivity contribution in [3.8, 4) is 27.3 Å². The number of benzene rings is 3. The number of methoxy groups -OCH3 is 1. The Balaban J connectivity index is 1.71. The summed E-state index contributed by atoms with van der Waals surface area (Å²) in [5, 5.41) is 1.95. The topological polar surface area (TPSA) is 46.6 Å². The quantitative estimate of drug-likeness (QED) is 0.379. The fourth-order valence-corrected chi connectivity index (χ4v) is 6.55. The Morgan fingerprint density at radius 3 is 2.52 bits per heavy atom. The van der Waals surface area contributed by atoms with E-state index in [0.717, 1.165) is 44.1 Å². The molecule has 4 aromatic rings. The van der Waals surface area contributed by atoms with E-state index in [1.807, 2.05) is 66.9 Å². The van der Waals surface area contributed by atoms with E-state index in [1.54, 1.807) is 30.6 Å². The maximum atomic E-state index is 13.6. The van der Waals surface area contributed by atoms with Crippen LogP contribution < -0.4 is 9.04 Å². The molecule has 0 saturated heterocycles. The summed E-state index contributed by atoms with van der Waals surface area (Å²) in [5.74, 6) is 0.771. The highest BCUT2D eigenvalue weighted by molar-refractivity contribution is 7.92. The molecule has 3 aromatic carbocycles. The molecule has 1 aromatic heterocycles. The number of sulfonamides is 1. The van der Waals surface area contributed by atoms with Gasteiger partial charge in [-0.1, -0.05) is 54.1 Å². The first-order chi connectivity index (χ1) is 15.0. The number of fused-ring (bicyclic) bond motifs is 3. The van der Waals surface area contributed by atoms with Crippen molar-refractivity contribution in [3.63, 3.8) is 0 Å². The second-order valence-corrected chi connectivity index (χ2v) is 10.3. The van der Waals surface area contributed by atoms with Gasteiger partial charge in [0.25, 0.3) is 10.0 Å². The molecular weight excluding hydrogens is 426 g/mol. The van der Waals surface area contributed by atoms with Gasteiger partial charge in [0.1, 0.15) is 5.75 Å². The lowest BCUT2D eigenvalue weighted by Gasteiger charge is -2.30. The van der Waals surface area contributed by atoms with Gasteiger partial charge in [0, 0.05) is 15.8 Å². The van der Waals surface area contributed by atoms with Crippen molar-refractivity contribution in [2.24, 2.45) is 0 Å². The average molecular weight is 448 g/mol.